The Bertz CT molecular complexity index is 322. The lowest BCUT2D eigenvalue weighted by molar-refractivity contribution is -0.153. The Morgan fingerprint density at radius 3 is 2.06 bits per heavy atom. The average molecular weight is 252 g/mol. The quantitative estimate of drug-likeness (QED) is 0.613. The molecule has 0 aromatic carbocycles. The lowest BCUT2D eigenvalue weighted by Gasteiger charge is -2.34. The Morgan fingerprint density at radius 1 is 0.833 bits per heavy atom. The molecule has 18 heavy (non-hydrogen) atoms. The highest BCUT2D eigenvalue weighted by molar-refractivity contribution is 6.34. The van der Waals surface area contributed by atoms with Gasteiger partial charge in [0, 0.05) is 26.2 Å². The minimum Gasteiger partial charge on any atom is -0.334 e. The fraction of sp³-hybridized carbons (Fsp3) is 0.857. The number of hydrogen-bond acceptors (Lipinski definition) is 2. The third kappa shape index (κ3) is 3.03. The number of piperidine rings is 2. The van der Waals surface area contributed by atoms with Crippen LogP contribution in [-0.4, -0.2) is 47.8 Å². The Balaban J connectivity index is 1.90. The largest absolute Gasteiger partial charge is 0.334 e. The fourth-order valence-corrected chi connectivity index (χ4v) is 2.86. The summed E-state index contributed by atoms with van der Waals surface area (Å²) in [5.74, 6) is 0.642. The summed E-state index contributed by atoms with van der Waals surface area (Å²) in [4.78, 5) is 27.8. The molecule has 4 nitrogen and oxygen atoms in total. The van der Waals surface area contributed by atoms with E-state index in [1.165, 1.54) is 6.42 Å². The first-order chi connectivity index (χ1) is 8.58. The van der Waals surface area contributed by atoms with Crippen LogP contribution in [0.15, 0.2) is 0 Å². The summed E-state index contributed by atoms with van der Waals surface area (Å²) in [6.45, 7) is 7.33. The molecule has 1 unspecified atom stereocenters. The van der Waals surface area contributed by atoms with Crippen molar-refractivity contribution in [3.63, 3.8) is 0 Å². The molecule has 0 N–H and O–H groups in total. The summed E-state index contributed by atoms with van der Waals surface area (Å²) in [6, 6.07) is 0. The summed E-state index contributed by atoms with van der Waals surface area (Å²) in [5, 5.41) is 0. The van der Waals surface area contributed by atoms with Gasteiger partial charge in [-0.05, 0) is 37.5 Å². The van der Waals surface area contributed by atoms with Crippen molar-refractivity contribution < 1.29 is 9.59 Å². The van der Waals surface area contributed by atoms with Crippen LogP contribution in [0.5, 0.6) is 0 Å². The second-order valence-electron chi connectivity index (χ2n) is 5.97. The van der Waals surface area contributed by atoms with Crippen LogP contribution in [0.25, 0.3) is 0 Å². The van der Waals surface area contributed by atoms with Gasteiger partial charge in [-0.15, -0.1) is 0 Å². The minimum atomic E-state index is -0.281. The van der Waals surface area contributed by atoms with Crippen LogP contribution >= 0.6 is 0 Å². The molecule has 2 heterocycles. The second kappa shape index (κ2) is 5.72. The molecule has 2 saturated heterocycles. The minimum absolute atomic E-state index is 0.281. The van der Waals surface area contributed by atoms with Crippen LogP contribution in [0.1, 0.15) is 39.5 Å². The van der Waals surface area contributed by atoms with Crippen molar-refractivity contribution in [3.8, 4) is 0 Å². The molecule has 1 atom stereocenters. The summed E-state index contributed by atoms with van der Waals surface area (Å²) >= 11 is 0. The highest BCUT2D eigenvalue weighted by atomic mass is 16.2. The molecule has 0 aromatic rings. The van der Waals surface area contributed by atoms with Gasteiger partial charge >= 0.3 is 11.8 Å². The number of amides is 2. The van der Waals surface area contributed by atoms with Gasteiger partial charge in [0.1, 0.15) is 0 Å². The van der Waals surface area contributed by atoms with Gasteiger partial charge < -0.3 is 9.80 Å². The lowest BCUT2D eigenvalue weighted by Crippen LogP contribution is -2.50. The lowest BCUT2D eigenvalue weighted by atomic mass is 9.98. The molecule has 102 valence electrons. The van der Waals surface area contributed by atoms with Gasteiger partial charge in [-0.1, -0.05) is 13.8 Å². The number of carbonyl (C=O) groups excluding carboxylic acids is 2. The van der Waals surface area contributed by atoms with Gasteiger partial charge in [-0.25, -0.2) is 0 Å². The topological polar surface area (TPSA) is 40.6 Å². The van der Waals surface area contributed by atoms with Crippen molar-refractivity contribution in [3.05, 3.63) is 0 Å². The highest BCUT2D eigenvalue weighted by Crippen LogP contribution is 2.19. The van der Waals surface area contributed by atoms with Crippen molar-refractivity contribution in [1.29, 1.82) is 0 Å². The predicted molar refractivity (Wildman–Crippen MR) is 70.0 cm³/mol. The Kier molecular flexibility index (Phi) is 4.25. The van der Waals surface area contributed by atoms with Crippen molar-refractivity contribution in [2.45, 2.75) is 39.5 Å². The van der Waals surface area contributed by atoms with Crippen LogP contribution in [0.3, 0.4) is 0 Å². The maximum absolute atomic E-state index is 12.2. The van der Waals surface area contributed by atoms with Crippen LogP contribution in [-0.2, 0) is 9.59 Å². The van der Waals surface area contributed by atoms with Crippen LogP contribution in [0.4, 0.5) is 0 Å². The molecule has 0 saturated carbocycles. The smallest absolute Gasteiger partial charge is 0.312 e. The molecule has 0 bridgehead atoms. The maximum Gasteiger partial charge on any atom is 0.312 e. The molecule has 2 amide bonds. The van der Waals surface area contributed by atoms with Crippen molar-refractivity contribution in [2.24, 2.45) is 11.8 Å². The van der Waals surface area contributed by atoms with Gasteiger partial charge in [0.15, 0.2) is 0 Å². The molecular formula is C14H24N2O2. The molecule has 2 fully saturated rings. The van der Waals surface area contributed by atoms with E-state index in [4.69, 9.17) is 0 Å². The number of likely N-dealkylation sites (tertiary alicyclic amines) is 2. The van der Waals surface area contributed by atoms with E-state index in [1.54, 1.807) is 9.80 Å². The van der Waals surface area contributed by atoms with Crippen LogP contribution < -0.4 is 0 Å². The summed E-state index contributed by atoms with van der Waals surface area (Å²) < 4.78 is 0. The van der Waals surface area contributed by atoms with E-state index in [9.17, 15) is 9.59 Å². The Labute approximate surface area is 109 Å². The SMILES string of the molecule is CC1CCN(C(=O)C(=O)N2CCCC(C)C2)CC1. The maximum atomic E-state index is 12.2. The molecule has 2 aliphatic rings. The number of carbonyl (C=O) groups is 2. The highest BCUT2D eigenvalue weighted by Gasteiger charge is 2.31. The van der Waals surface area contributed by atoms with Gasteiger partial charge in [0.2, 0.25) is 0 Å². The standard InChI is InChI=1S/C14H24N2O2/c1-11-5-8-15(9-6-11)13(17)14(18)16-7-3-4-12(2)10-16/h11-12H,3-10H2,1-2H3. The first-order valence-corrected chi connectivity index (χ1v) is 7.16. The summed E-state index contributed by atoms with van der Waals surface area (Å²) in [6.07, 6.45) is 4.24. The fourth-order valence-electron chi connectivity index (χ4n) is 2.86. The Hall–Kier alpha value is -1.06. The average Bonchev–Trinajstić information content (AvgIpc) is 2.38. The first-order valence-electron chi connectivity index (χ1n) is 7.16. The van der Waals surface area contributed by atoms with Crippen LogP contribution in [0, 0.1) is 11.8 Å². The van der Waals surface area contributed by atoms with E-state index in [0.29, 0.717) is 11.8 Å². The molecule has 0 aliphatic carbocycles. The van der Waals surface area contributed by atoms with Gasteiger partial charge in [-0.2, -0.15) is 0 Å². The number of hydrogen-bond donors (Lipinski definition) is 0. The molecule has 0 aromatic heterocycles. The zero-order valence-electron chi connectivity index (χ0n) is 11.5. The van der Waals surface area contributed by atoms with E-state index in [2.05, 4.69) is 13.8 Å². The molecule has 0 radical (unpaired) electrons. The Morgan fingerprint density at radius 2 is 1.44 bits per heavy atom. The van der Waals surface area contributed by atoms with E-state index in [-0.39, 0.29) is 11.8 Å². The van der Waals surface area contributed by atoms with Crippen molar-refractivity contribution >= 4 is 11.8 Å². The number of nitrogens with zero attached hydrogens (tertiary/aromatic N) is 2. The predicted octanol–water partition coefficient (Wildman–Crippen LogP) is 1.50. The van der Waals surface area contributed by atoms with Gasteiger partial charge in [0.25, 0.3) is 0 Å². The second-order valence-corrected chi connectivity index (χ2v) is 5.97. The van der Waals surface area contributed by atoms with Crippen LogP contribution in [0.2, 0.25) is 0 Å². The van der Waals surface area contributed by atoms with Gasteiger partial charge in [0.05, 0.1) is 0 Å². The number of rotatable bonds is 0. The molecule has 4 heteroatoms. The first kappa shape index (κ1) is 13.4. The molecule has 2 aliphatic heterocycles. The van der Waals surface area contributed by atoms with Gasteiger partial charge in [-0.3, -0.25) is 9.59 Å². The van der Waals surface area contributed by atoms with E-state index < -0.39 is 0 Å². The third-order valence-corrected chi connectivity index (χ3v) is 4.20. The zero-order valence-corrected chi connectivity index (χ0v) is 11.5. The molecular weight excluding hydrogens is 228 g/mol. The normalized spacial score (nSPS) is 26.2. The van der Waals surface area contributed by atoms with E-state index in [0.717, 1.165) is 45.4 Å². The summed E-state index contributed by atoms with van der Waals surface area (Å²) in [7, 11) is 0. The monoisotopic (exact) mass is 252 g/mol. The summed E-state index contributed by atoms with van der Waals surface area (Å²) in [5.41, 5.74) is 0. The third-order valence-electron chi connectivity index (χ3n) is 4.20. The zero-order chi connectivity index (χ0) is 13.1. The van der Waals surface area contributed by atoms with Crippen molar-refractivity contribution in [1.82, 2.24) is 9.80 Å². The molecule has 0 spiro atoms. The molecule has 2 rings (SSSR count). The van der Waals surface area contributed by atoms with Crippen molar-refractivity contribution in [2.75, 3.05) is 26.2 Å². The van der Waals surface area contributed by atoms with E-state index in [1.807, 2.05) is 0 Å². The van der Waals surface area contributed by atoms with E-state index >= 15 is 0 Å².